The van der Waals surface area contributed by atoms with Crippen molar-refractivity contribution in [3.8, 4) is 10.6 Å². The van der Waals surface area contributed by atoms with Gasteiger partial charge in [-0.15, -0.1) is 11.3 Å². The number of hydrogen-bond acceptors (Lipinski definition) is 3. The highest BCUT2D eigenvalue weighted by atomic mass is 127. The Bertz CT molecular complexity index is 831. The minimum atomic E-state index is -0.918. The molecule has 0 fully saturated rings. The van der Waals surface area contributed by atoms with E-state index in [9.17, 15) is 4.79 Å². The van der Waals surface area contributed by atoms with Crippen molar-refractivity contribution < 1.29 is 9.90 Å². The lowest BCUT2D eigenvalue weighted by molar-refractivity contribution is 0.0697. The number of thiazole rings is 1. The number of aromatic nitrogens is 1. The van der Waals surface area contributed by atoms with Crippen LogP contribution in [-0.4, -0.2) is 16.1 Å². The van der Waals surface area contributed by atoms with Crippen LogP contribution in [-0.2, 0) is 0 Å². The SMILES string of the molecule is O=C(O)c1ccc2nc(-c3cc(Br)ccc3I)sc2c1. The van der Waals surface area contributed by atoms with E-state index >= 15 is 0 Å². The van der Waals surface area contributed by atoms with Gasteiger partial charge in [0.25, 0.3) is 0 Å². The first-order chi connectivity index (χ1) is 9.54. The number of benzene rings is 2. The Balaban J connectivity index is 2.17. The Hall–Kier alpha value is -0.990. The Morgan fingerprint density at radius 2 is 2.05 bits per heavy atom. The molecule has 3 rings (SSSR count). The highest BCUT2D eigenvalue weighted by Gasteiger charge is 2.12. The second-order valence-electron chi connectivity index (χ2n) is 4.13. The van der Waals surface area contributed by atoms with Gasteiger partial charge in [0.05, 0.1) is 15.8 Å². The Labute approximate surface area is 140 Å². The van der Waals surface area contributed by atoms with Crippen LogP contribution in [0.15, 0.2) is 40.9 Å². The fourth-order valence-electron chi connectivity index (χ4n) is 1.83. The van der Waals surface area contributed by atoms with Crippen molar-refractivity contribution in [3.05, 3.63) is 50.0 Å². The summed E-state index contributed by atoms with van der Waals surface area (Å²) in [6, 6.07) is 11.0. The lowest BCUT2D eigenvalue weighted by atomic mass is 10.2. The monoisotopic (exact) mass is 459 g/mol. The third kappa shape index (κ3) is 2.59. The maximum atomic E-state index is 11.0. The Morgan fingerprint density at radius 1 is 1.25 bits per heavy atom. The highest BCUT2D eigenvalue weighted by Crippen LogP contribution is 2.34. The van der Waals surface area contributed by atoms with Gasteiger partial charge in [0.2, 0.25) is 0 Å². The van der Waals surface area contributed by atoms with Gasteiger partial charge in [0.15, 0.2) is 0 Å². The Kier molecular flexibility index (Phi) is 3.78. The van der Waals surface area contributed by atoms with E-state index in [2.05, 4.69) is 43.5 Å². The lowest BCUT2D eigenvalue weighted by Crippen LogP contribution is -1.94. The number of hydrogen-bond donors (Lipinski definition) is 1. The molecule has 0 saturated carbocycles. The molecular weight excluding hydrogens is 453 g/mol. The van der Waals surface area contributed by atoms with Gasteiger partial charge >= 0.3 is 5.97 Å². The number of carboxylic acid groups (broad SMARTS) is 1. The minimum Gasteiger partial charge on any atom is -0.478 e. The molecule has 3 nitrogen and oxygen atoms in total. The average Bonchev–Trinajstić information content (AvgIpc) is 2.83. The summed E-state index contributed by atoms with van der Waals surface area (Å²) in [7, 11) is 0. The molecule has 0 radical (unpaired) electrons. The zero-order valence-corrected chi connectivity index (χ0v) is 14.5. The summed E-state index contributed by atoms with van der Waals surface area (Å²) in [5, 5.41) is 9.92. The van der Waals surface area contributed by atoms with Crippen molar-refractivity contribution in [1.82, 2.24) is 4.98 Å². The second kappa shape index (κ2) is 5.42. The molecule has 1 heterocycles. The van der Waals surface area contributed by atoms with E-state index in [0.29, 0.717) is 0 Å². The largest absolute Gasteiger partial charge is 0.478 e. The van der Waals surface area contributed by atoms with Gasteiger partial charge in [-0.1, -0.05) is 15.9 Å². The van der Waals surface area contributed by atoms with Crippen LogP contribution in [0.25, 0.3) is 20.8 Å². The standard InChI is InChI=1S/C14H7BrINO2S/c15-8-2-3-10(16)9(6-8)13-17-11-4-1-7(14(18)19)5-12(11)20-13/h1-6H,(H,18,19). The van der Waals surface area contributed by atoms with Crippen LogP contribution < -0.4 is 0 Å². The van der Waals surface area contributed by atoms with E-state index in [1.54, 1.807) is 18.2 Å². The predicted molar refractivity (Wildman–Crippen MR) is 92.4 cm³/mol. The van der Waals surface area contributed by atoms with Crippen LogP contribution in [0.2, 0.25) is 0 Å². The smallest absolute Gasteiger partial charge is 0.335 e. The van der Waals surface area contributed by atoms with Crippen LogP contribution in [0, 0.1) is 3.57 Å². The van der Waals surface area contributed by atoms with E-state index < -0.39 is 5.97 Å². The van der Waals surface area contributed by atoms with E-state index in [1.165, 1.54) is 11.3 Å². The predicted octanol–water partition coefficient (Wildman–Crippen LogP) is 5.03. The third-order valence-corrected chi connectivity index (χ3v) is 5.28. The number of aromatic carboxylic acids is 1. The molecule has 0 bridgehead atoms. The topological polar surface area (TPSA) is 50.2 Å². The van der Waals surface area contributed by atoms with Gasteiger partial charge in [-0.2, -0.15) is 0 Å². The van der Waals surface area contributed by atoms with Crippen molar-refractivity contribution in [2.24, 2.45) is 0 Å². The molecule has 1 aromatic heterocycles. The molecule has 0 spiro atoms. The lowest BCUT2D eigenvalue weighted by Gasteiger charge is -2.00. The molecule has 2 aromatic carbocycles. The summed E-state index contributed by atoms with van der Waals surface area (Å²) in [5.41, 5.74) is 2.17. The van der Waals surface area contributed by atoms with Gasteiger partial charge < -0.3 is 5.11 Å². The van der Waals surface area contributed by atoms with E-state index in [4.69, 9.17) is 5.11 Å². The van der Waals surface area contributed by atoms with Crippen LogP contribution in [0.3, 0.4) is 0 Å². The molecule has 0 amide bonds. The molecule has 3 aromatic rings. The normalized spacial score (nSPS) is 10.9. The summed E-state index contributed by atoms with van der Waals surface area (Å²) in [5.74, 6) is -0.918. The molecule has 0 aliphatic carbocycles. The molecule has 1 N–H and O–H groups in total. The van der Waals surface area contributed by atoms with Crippen LogP contribution in [0.5, 0.6) is 0 Å². The van der Waals surface area contributed by atoms with Gasteiger partial charge in [-0.05, 0) is 59.0 Å². The van der Waals surface area contributed by atoms with Crippen molar-refractivity contribution >= 4 is 66.0 Å². The van der Waals surface area contributed by atoms with Crippen LogP contribution in [0.4, 0.5) is 0 Å². The van der Waals surface area contributed by atoms with Crippen molar-refractivity contribution in [3.63, 3.8) is 0 Å². The third-order valence-electron chi connectivity index (χ3n) is 2.79. The number of carbonyl (C=O) groups is 1. The molecule has 0 aliphatic rings. The van der Waals surface area contributed by atoms with Crippen molar-refractivity contribution in [2.75, 3.05) is 0 Å². The molecule has 6 heteroatoms. The molecule has 0 aliphatic heterocycles. The zero-order valence-electron chi connectivity index (χ0n) is 9.93. The molecule has 20 heavy (non-hydrogen) atoms. The van der Waals surface area contributed by atoms with Crippen molar-refractivity contribution in [2.45, 2.75) is 0 Å². The zero-order chi connectivity index (χ0) is 14.3. The first kappa shape index (κ1) is 14.0. The number of fused-ring (bicyclic) bond motifs is 1. The minimum absolute atomic E-state index is 0.289. The summed E-state index contributed by atoms with van der Waals surface area (Å²) in [6.07, 6.45) is 0. The number of halogens is 2. The van der Waals surface area contributed by atoms with E-state index in [1.807, 2.05) is 18.2 Å². The van der Waals surface area contributed by atoms with Crippen LogP contribution in [0.1, 0.15) is 10.4 Å². The molecule has 100 valence electrons. The number of nitrogens with zero attached hydrogens (tertiary/aromatic N) is 1. The van der Waals surface area contributed by atoms with Gasteiger partial charge in [0.1, 0.15) is 5.01 Å². The van der Waals surface area contributed by atoms with E-state index in [-0.39, 0.29) is 5.56 Å². The maximum absolute atomic E-state index is 11.0. The highest BCUT2D eigenvalue weighted by molar-refractivity contribution is 14.1. The first-order valence-corrected chi connectivity index (χ1v) is 8.33. The fourth-order valence-corrected chi connectivity index (χ4v) is 4.00. The van der Waals surface area contributed by atoms with Gasteiger partial charge in [-0.3, -0.25) is 0 Å². The molecule has 0 unspecified atom stereocenters. The summed E-state index contributed by atoms with van der Waals surface area (Å²) < 4.78 is 3.00. The summed E-state index contributed by atoms with van der Waals surface area (Å²) in [4.78, 5) is 15.6. The van der Waals surface area contributed by atoms with E-state index in [0.717, 1.165) is 28.8 Å². The number of rotatable bonds is 2. The molecule has 0 saturated heterocycles. The number of carboxylic acids is 1. The van der Waals surface area contributed by atoms with Crippen molar-refractivity contribution in [1.29, 1.82) is 0 Å². The Morgan fingerprint density at radius 3 is 2.80 bits per heavy atom. The summed E-state index contributed by atoms with van der Waals surface area (Å²) >= 11 is 7.24. The second-order valence-corrected chi connectivity index (χ2v) is 7.24. The van der Waals surface area contributed by atoms with Crippen LogP contribution >= 0.6 is 49.9 Å². The fraction of sp³-hybridized carbons (Fsp3) is 0. The van der Waals surface area contributed by atoms with Gasteiger partial charge in [-0.25, -0.2) is 9.78 Å². The molecular formula is C14H7BrINO2S. The summed E-state index contributed by atoms with van der Waals surface area (Å²) in [6.45, 7) is 0. The first-order valence-electron chi connectivity index (χ1n) is 5.64. The van der Waals surface area contributed by atoms with Gasteiger partial charge in [0, 0.05) is 13.6 Å². The quantitative estimate of drug-likeness (QED) is 0.547. The molecule has 0 atom stereocenters. The average molecular weight is 460 g/mol. The maximum Gasteiger partial charge on any atom is 0.335 e.